The summed E-state index contributed by atoms with van der Waals surface area (Å²) in [5.74, 6) is 0.659. The van der Waals surface area contributed by atoms with E-state index in [1.54, 1.807) is 0 Å². The summed E-state index contributed by atoms with van der Waals surface area (Å²) in [7, 11) is 0. The predicted molar refractivity (Wildman–Crippen MR) is 125 cm³/mol. The minimum absolute atomic E-state index is 0.659. The molecule has 0 fully saturated rings. The minimum atomic E-state index is 0.659. The van der Waals surface area contributed by atoms with Gasteiger partial charge >= 0.3 is 0 Å². The van der Waals surface area contributed by atoms with Gasteiger partial charge in [0, 0.05) is 33.2 Å². The summed E-state index contributed by atoms with van der Waals surface area (Å²) in [4.78, 5) is 9.33. The molecule has 0 aliphatic carbocycles. The number of hydrogen-bond acceptors (Lipinski definition) is 3. The van der Waals surface area contributed by atoms with Gasteiger partial charge in [-0.1, -0.05) is 64.5 Å². The van der Waals surface area contributed by atoms with E-state index in [0.717, 1.165) is 43.1 Å². The van der Waals surface area contributed by atoms with Gasteiger partial charge in [0.05, 0.1) is 5.56 Å². The first-order chi connectivity index (χ1) is 14.8. The summed E-state index contributed by atoms with van der Waals surface area (Å²) in [6.45, 7) is 0. The van der Waals surface area contributed by atoms with Crippen molar-refractivity contribution < 1.29 is 4.42 Å². The molecule has 6 rings (SSSR count). The maximum Gasteiger partial charge on any atom is 0.162 e. The Morgan fingerprint density at radius 1 is 0.667 bits per heavy atom. The van der Waals surface area contributed by atoms with Crippen molar-refractivity contribution in [2.75, 3.05) is 0 Å². The standard InChI is InChI=1S/C26H15BrN2O/c27-20-11-10-16-8-9-17(12-18(16)13-20)19-14-28-26(29-15-19)23-6-3-5-22-21-4-1-2-7-24(21)30-25(22)23/h1-15H. The third kappa shape index (κ3) is 2.80. The number of rotatable bonds is 2. The molecule has 142 valence electrons. The normalized spacial score (nSPS) is 11.5. The van der Waals surface area contributed by atoms with Crippen molar-refractivity contribution >= 4 is 48.6 Å². The van der Waals surface area contributed by atoms with Gasteiger partial charge in [0.25, 0.3) is 0 Å². The maximum absolute atomic E-state index is 6.13. The minimum Gasteiger partial charge on any atom is -0.455 e. The van der Waals surface area contributed by atoms with Crippen molar-refractivity contribution in [3.8, 4) is 22.5 Å². The summed E-state index contributed by atoms with van der Waals surface area (Å²) in [6, 6.07) is 26.9. The van der Waals surface area contributed by atoms with E-state index in [1.165, 1.54) is 10.8 Å². The van der Waals surface area contributed by atoms with E-state index in [0.29, 0.717) is 5.82 Å². The van der Waals surface area contributed by atoms with E-state index < -0.39 is 0 Å². The molecule has 30 heavy (non-hydrogen) atoms. The van der Waals surface area contributed by atoms with E-state index in [1.807, 2.05) is 42.7 Å². The molecular formula is C26H15BrN2O. The third-order valence-corrected chi connectivity index (χ3v) is 5.93. The van der Waals surface area contributed by atoms with Gasteiger partial charge in [0.2, 0.25) is 0 Å². The van der Waals surface area contributed by atoms with Gasteiger partial charge in [-0.05, 0) is 46.7 Å². The van der Waals surface area contributed by atoms with Crippen LogP contribution in [-0.4, -0.2) is 9.97 Å². The van der Waals surface area contributed by atoms with Gasteiger partial charge in [-0.15, -0.1) is 0 Å². The van der Waals surface area contributed by atoms with E-state index >= 15 is 0 Å². The third-order valence-electron chi connectivity index (χ3n) is 5.43. The van der Waals surface area contributed by atoms with Crippen LogP contribution in [0.1, 0.15) is 0 Å². The number of para-hydroxylation sites is 2. The number of halogens is 1. The Balaban J connectivity index is 1.44. The molecule has 0 saturated carbocycles. The van der Waals surface area contributed by atoms with Gasteiger partial charge in [0.1, 0.15) is 11.2 Å². The number of furan rings is 1. The molecule has 0 saturated heterocycles. The maximum atomic E-state index is 6.13. The SMILES string of the molecule is Brc1ccc2ccc(-c3cnc(-c4cccc5c4oc4ccccc45)nc3)cc2c1. The highest BCUT2D eigenvalue weighted by Gasteiger charge is 2.13. The summed E-state index contributed by atoms with van der Waals surface area (Å²) in [5, 5.41) is 4.57. The first-order valence-corrected chi connectivity index (χ1v) is 10.5. The first-order valence-electron chi connectivity index (χ1n) is 9.69. The zero-order chi connectivity index (χ0) is 20.1. The lowest BCUT2D eigenvalue weighted by Crippen LogP contribution is -1.90. The molecule has 3 nitrogen and oxygen atoms in total. The van der Waals surface area contributed by atoms with Crippen LogP contribution in [0.25, 0.3) is 55.2 Å². The molecule has 6 aromatic rings. The van der Waals surface area contributed by atoms with Crippen molar-refractivity contribution in [3.63, 3.8) is 0 Å². The Hall–Kier alpha value is -3.50. The van der Waals surface area contributed by atoms with Crippen molar-refractivity contribution in [3.05, 3.63) is 95.7 Å². The number of aromatic nitrogens is 2. The molecule has 2 aromatic heterocycles. The molecule has 0 radical (unpaired) electrons. The number of fused-ring (bicyclic) bond motifs is 4. The quantitative estimate of drug-likeness (QED) is 0.272. The van der Waals surface area contributed by atoms with E-state index in [2.05, 4.69) is 74.4 Å². The van der Waals surface area contributed by atoms with Crippen LogP contribution in [-0.2, 0) is 0 Å². The number of benzene rings is 4. The topological polar surface area (TPSA) is 38.9 Å². The summed E-state index contributed by atoms with van der Waals surface area (Å²) in [5.41, 5.74) is 4.67. The molecule has 0 aliphatic rings. The van der Waals surface area contributed by atoms with Crippen LogP contribution in [0.15, 0.2) is 100 Å². The lowest BCUT2D eigenvalue weighted by Gasteiger charge is -2.06. The average molecular weight is 451 g/mol. The molecule has 0 aliphatic heterocycles. The fourth-order valence-electron chi connectivity index (χ4n) is 3.94. The van der Waals surface area contributed by atoms with Crippen LogP contribution in [0, 0.1) is 0 Å². The average Bonchev–Trinajstić information content (AvgIpc) is 3.17. The molecule has 0 bridgehead atoms. The highest BCUT2D eigenvalue weighted by atomic mass is 79.9. The number of hydrogen-bond donors (Lipinski definition) is 0. The molecule has 4 aromatic carbocycles. The van der Waals surface area contributed by atoms with Crippen LogP contribution >= 0.6 is 15.9 Å². The zero-order valence-corrected chi connectivity index (χ0v) is 17.4. The lowest BCUT2D eigenvalue weighted by atomic mass is 10.0. The Morgan fingerprint density at radius 3 is 2.37 bits per heavy atom. The fourth-order valence-corrected chi connectivity index (χ4v) is 4.32. The van der Waals surface area contributed by atoms with Crippen LogP contribution in [0.2, 0.25) is 0 Å². The Kier molecular flexibility index (Phi) is 3.93. The molecule has 0 spiro atoms. The first kappa shape index (κ1) is 17.4. The zero-order valence-electron chi connectivity index (χ0n) is 15.8. The van der Waals surface area contributed by atoms with Crippen molar-refractivity contribution in [2.24, 2.45) is 0 Å². The molecule has 0 N–H and O–H groups in total. The van der Waals surface area contributed by atoms with Crippen molar-refractivity contribution in [1.29, 1.82) is 0 Å². The monoisotopic (exact) mass is 450 g/mol. The highest BCUT2D eigenvalue weighted by Crippen LogP contribution is 2.34. The van der Waals surface area contributed by atoms with Crippen LogP contribution < -0.4 is 0 Å². The fraction of sp³-hybridized carbons (Fsp3) is 0. The second-order valence-corrected chi connectivity index (χ2v) is 8.20. The van der Waals surface area contributed by atoms with Gasteiger partial charge in [-0.2, -0.15) is 0 Å². The van der Waals surface area contributed by atoms with Crippen molar-refractivity contribution in [2.45, 2.75) is 0 Å². The largest absolute Gasteiger partial charge is 0.455 e. The summed E-state index contributed by atoms with van der Waals surface area (Å²) in [6.07, 6.45) is 3.76. The Bertz CT molecular complexity index is 1550. The van der Waals surface area contributed by atoms with Crippen molar-refractivity contribution in [1.82, 2.24) is 9.97 Å². The molecule has 2 heterocycles. The van der Waals surface area contributed by atoms with Crippen LogP contribution in [0.4, 0.5) is 0 Å². The van der Waals surface area contributed by atoms with Gasteiger partial charge in [-0.3, -0.25) is 0 Å². The summed E-state index contributed by atoms with van der Waals surface area (Å²) >= 11 is 3.55. The Morgan fingerprint density at radius 2 is 1.47 bits per heavy atom. The second-order valence-electron chi connectivity index (χ2n) is 7.28. The van der Waals surface area contributed by atoms with Gasteiger partial charge < -0.3 is 4.42 Å². The van der Waals surface area contributed by atoms with E-state index in [9.17, 15) is 0 Å². The molecule has 0 atom stereocenters. The smallest absolute Gasteiger partial charge is 0.162 e. The summed E-state index contributed by atoms with van der Waals surface area (Å²) < 4.78 is 7.20. The van der Waals surface area contributed by atoms with Gasteiger partial charge in [-0.25, -0.2) is 9.97 Å². The Labute approximate surface area is 181 Å². The molecule has 0 unspecified atom stereocenters. The molecular weight excluding hydrogens is 436 g/mol. The van der Waals surface area contributed by atoms with E-state index in [-0.39, 0.29) is 0 Å². The lowest BCUT2D eigenvalue weighted by molar-refractivity contribution is 0.669. The number of nitrogens with zero attached hydrogens (tertiary/aromatic N) is 2. The van der Waals surface area contributed by atoms with Crippen LogP contribution in [0.3, 0.4) is 0 Å². The highest BCUT2D eigenvalue weighted by molar-refractivity contribution is 9.10. The predicted octanol–water partition coefficient (Wildman–Crippen LogP) is 7.63. The van der Waals surface area contributed by atoms with E-state index in [4.69, 9.17) is 4.42 Å². The van der Waals surface area contributed by atoms with Crippen LogP contribution in [0.5, 0.6) is 0 Å². The molecule has 4 heteroatoms. The second kappa shape index (κ2) is 6.78. The van der Waals surface area contributed by atoms with Gasteiger partial charge in [0.15, 0.2) is 5.82 Å². The molecule has 0 amide bonds.